The minimum absolute atomic E-state index is 0.286. The van der Waals surface area contributed by atoms with Crippen LogP contribution in [0.2, 0.25) is 5.02 Å². The number of benzene rings is 2. The maximum atomic E-state index is 5.93. The molecule has 0 bridgehead atoms. The van der Waals surface area contributed by atoms with Crippen LogP contribution in [0.3, 0.4) is 0 Å². The molecule has 3 rings (SSSR count). The van der Waals surface area contributed by atoms with Crippen molar-refractivity contribution in [3.05, 3.63) is 64.7 Å². The summed E-state index contributed by atoms with van der Waals surface area (Å²) in [6, 6.07) is 16.6. The molecule has 2 aromatic rings. The van der Waals surface area contributed by atoms with Crippen molar-refractivity contribution in [2.75, 3.05) is 13.2 Å². The van der Waals surface area contributed by atoms with Gasteiger partial charge in [-0.1, -0.05) is 74.2 Å². The van der Waals surface area contributed by atoms with Crippen LogP contribution in [0.25, 0.3) is 0 Å². The second-order valence-corrected chi connectivity index (χ2v) is 7.24. The second kappa shape index (κ2) is 9.42. The highest BCUT2D eigenvalue weighted by atomic mass is 35.5. The lowest BCUT2D eigenvalue weighted by atomic mass is 9.77. The topological polar surface area (TPSA) is 18.5 Å². The van der Waals surface area contributed by atoms with E-state index in [-0.39, 0.29) is 7.12 Å². The summed E-state index contributed by atoms with van der Waals surface area (Å²) in [6.07, 6.45) is 6.41. The molecule has 1 aliphatic heterocycles. The van der Waals surface area contributed by atoms with E-state index in [1.165, 1.54) is 43.2 Å². The molecule has 1 fully saturated rings. The standard InChI is InChI=1S/C21H26BClO2/c1-2-3-4-5-6-17-7-9-18(10-8-17)19-15-24-22(25-16-19)20-11-13-21(23)14-12-20/h7-14,19H,2-6,15-16H2,1H3. The smallest absolute Gasteiger partial charge is 0.407 e. The number of hydrogen-bond acceptors (Lipinski definition) is 2. The summed E-state index contributed by atoms with van der Waals surface area (Å²) in [5, 5.41) is 0.729. The molecule has 0 saturated carbocycles. The predicted octanol–water partition coefficient (Wildman–Crippen LogP) is 4.99. The van der Waals surface area contributed by atoms with Crippen LogP contribution in [-0.4, -0.2) is 20.3 Å². The highest BCUT2D eigenvalue weighted by Gasteiger charge is 2.29. The van der Waals surface area contributed by atoms with Gasteiger partial charge in [0, 0.05) is 24.2 Å². The molecule has 1 heterocycles. The minimum Gasteiger partial charge on any atom is -0.407 e. The van der Waals surface area contributed by atoms with Crippen LogP contribution in [0.1, 0.15) is 49.7 Å². The predicted molar refractivity (Wildman–Crippen MR) is 106 cm³/mol. The van der Waals surface area contributed by atoms with Crippen molar-refractivity contribution < 1.29 is 9.31 Å². The Kier molecular flexibility index (Phi) is 6.97. The molecule has 2 aromatic carbocycles. The maximum absolute atomic E-state index is 5.93. The molecular weight excluding hydrogens is 330 g/mol. The Morgan fingerprint density at radius 3 is 2.24 bits per heavy atom. The van der Waals surface area contributed by atoms with Gasteiger partial charge in [0.25, 0.3) is 0 Å². The molecule has 1 saturated heterocycles. The molecule has 1 aliphatic rings. The summed E-state index contributed by atoms with van der Waals surface area (Å²) in [4.78, 5) is 0. The highest BCUT2D eigenvalue weighted by Crippen LogP contribution is 2.22. The van der Waals surface area contributed by atoms with Gasteiger partial charge in [0.1, 0.15) is 0 Å². The molecular formula is C21H26BClO2. The van der Waals surface area contributed by atoms with Gasteiger partial charge in [0.05, 0.1) is 0 Å². The van der Waals surface area contributed by atoms with Gasteiger partial charge in [-0.05, 0) is 41.6 Å². The van der Waals surface area contributed by atoms with E-state index in [2.05, 4.69) is 31.2 Å². The van der Waals surface area contributed by atoms with Gasteiger partial charge in [-0.15, -0.1) is 0 Å². The van der Waals surface area contributed by atoms with Crippen LogP contribution in [0, 0.1) is 0 Å². The average Bonchev–Trinajstić information content (AvgIpc) is 2.67. The fraction of sp³-hybridized carbons (Fsp3) is 0.429. The fourth-order valence-electron chi connectivity index (χ4n) is 3.22. The number of aryl methyl sites for hydroxylation is 1. The van der Waals surface area contributed by atoms with E-state index in [0.29, 0.717) is 19.1 Å². The molecule has 0 N–H and O–H groups in total. The van der Waals surface area contributed by atoms with E-state index < -0.39 is 0 Å². The Hall–Kier alpha value is -1.29. The lowest BCUT2D eigenvalue weighted by molar-refractivity contribution is 0.121. The third kappa shape index (κ3) is 5.34. The van der Waals surface area contributed by atoms with E-state index >= 15 is 0 Å². The van der Waals surface area contributed by atoms with Crippen molar-refractivity contribution in [3.63, 3.8) is 0 Å². The zero-order chi connectivity index (χ0) is 17.5. The third-order valence-corrected chi connectivity index (χ3v) is 5.06. The van der Waals surface area contributed by atoms with E-state index in [0.717, 1.165) is 10.5 Å². The van der Waals surface area contributed by atoms with Gasteiger partial charge in [0.2, 0.25) is 0 Å². The molecule has 0 aliphatic carbocycles. The summed E-state index contributed by atoms with van der Waals surface area (Å²) in [5.74, 6) is 0.303. The van der Waals surface area contributed by atoms with E-state index in [1.54, 1.807) is 0 Å². The van der Waals surface area contributed by atoms with Crippen molar-refractivity contribution >= 4 is 24.2 Å². The Balaban J connectivity index is 1.50. The lowest BCUT2D eigenvalue weighted by Crippen LogP contribution is -2.43. The Labute approximate surface area is 156 Å². The summed E-state index contributed by atoms with van der Waals surface area (Å²) in [5.41, 5.74) is 3.74. The van der Waals surface area contributed by atoms with Crippen molar-refractivity contribution in [2.45, 2.75) is 44.9 Å². The van der Waals surface area contributed by atoms with Crippen LogP contribution in [0.4, 0.5) is 0 Å². The lowest BCUT2D eigenvalue weighted by Gasteiger charge is -2.28. The van der Waals surface area contributed by atoms with Gasteiger partial charge in [0.15, 0.2) is 0 Å². The zero-order valence-electron chi connectivity index (χ0n) is 14.9. The Morgan fingerprint density at radius 1 is 0.920 bits per heavy atom. The summed E-state index contributed by atoms with van der Waals surface area (Å²) < 4.78 is 11.9. The number of hydrogen-bond donors (Lipinski definition) is 0. The molecule has 132 valence electrons. The van der Waals surface area contributed by atoms with Crippen molar-refractivity contribution in [1.29, 1.82) is 0 Å². The van der Waals surface area contributed by atoms with Gasteiger partial charge in [-0.3, -0.25) is 0 Å². The van der Waals surface area contributed by atoms with Gasteiger partial charge < -0.3 is 9.31 Å². The fourth-order valence-corrected chi connectivity index (χ4v) is 3.35. The van der Waals surface area contributed by atoms with Gasteiger partial charge in [-0.25, -0.2) is 0 Å². The van der Waals surface area contributed by atoms with Crippen molar-refractivity contribution in [3.8, 4) is 0 Å². The highest BCUT2D eigenvalue weighted by molar-refractivity contribution is 6.61. The minimum atomic E-state index is -0.286. The molecule has 25 heavy (non-hydrogen) atoms. The molecule has 0 spiro atoms. The van der Waals surface area contributed by atoms with Crippen molar-refractivity contribution in [1.82, 2.24) is 0 Å². The third-order valence-electron chi connectivity index (χ3n) is 4.81. The Morgan fingerprint density at radius 2 is 1.60 bits per heavy atom. The van der Waals surface area contributed by atoms with E-state index in [1.807, 2.05) is 24.3 Å². The zero-order valence-corrected chi connectivity index (χ0v) is 15.7. The first-order valence-electron chi connectivity index (χ1n) is 9.33. The normalized spacial score (nSPS) is 15.5. The largest absolute Gasteiger partial charge is 0.493 e. The van der Waals surface area contributed by atoms with Crippen LogP contribution < -0.4 is 5.46 Å². The van der Waals surface area contributed by atoms with E-state index in [9.17, 15) is 0 Å². The van der Waals surface area contributed by atoms with E-state index in [4.69, 9.17) is 20.9 Å². The molecule has 0 aromatic heterocycles. The maximum Gasteiger partial charge on any atom is 0.493 e. The molecule has 0 amide bonds. The Bertz CT molecular complexity index is 634. The molecule has 4 heteroatoms. The quantitative estimate of drug-likeness (QED) is 0.514. The number of unbranched alkanes of at least 4 members (excludes halogenated alkanes) is 3. The van der Waals surface area contributed by atoms with Gasteiger partial charge in [-0.2, -0.15) is 0 Å². The summed E-state index contributed by atoms with van der Waals surface area (Å²) in [7, 11) is -0.286. The monoisotopic (exact) mass is 356 g/mol. The molecule has 0 unspecified atom stereocenters. The van der Waals surface area contributed by atoms with Crippen LogP contribution >= 0.6 is 11.6 Å². The van der Waals surface area contributed by atoms with Crippen molar-refractivity contribution in [2.24, 2.45) is 0 Å². The first-order valence-corrected chi connectivity index (χ1v) is 9.71. The van der Waals surface area contributed by atoms with Crippen LogP contribution in [0.5, 0.6) is 0 Å². The summed E-state index contributed by atoms with van der Waals surface area (Å²) >= 11 is 5.93. The first-order chi connectivity index (χ1) is 12.3. The van der Waals surface area contributed by atoms with Crippen LogP contribution in [-0.2, 0) is 15.7 Å². The van der Waals surface area contributed by atoms with Crippen LogP contribution in [0.15, 0.2) is 48.5 Å². The van der Waals surface area contributed by atoms with Gasteiger partial charge >= 0.3 is 7.12 Å². The molecule has 0 radical (unpaired) electrons. The SMILES string of the molecule is CCCCCCc1ccc(C2COB(c3ccc(Cl)cc3)OC2)cc1. The second-order valence-electron chi connectivity index (χ2n) is 6.80. The molecule has 2 nitrogen and oxygen atoms in total. The summed E-state index contributed by atoms with van der Waals surface area (Å²) in [6.45, 7) is 3.62. The first kappa shape index (κ1) is 18.5. The molecule has 0 atom stereocenters. The number of rotatable bonds is 7. The number of halogens is 1. The average molecular weight is 357 g/mol.